The Morgan fingerprint density at radius 1 is 1.67 bits per heavy atom. The third kappa shape index (κ3) is 0.785. The molecule has 2 aliphatic carbocycles. The summed E-state index contributed by atoms with van der Waals surface area (Å²) in [6.45, 7) is 0. The van der Waals surface area contributed by atoms with Gasteiger partial charge in [0.2, 0.25) is 0 Å². The number of halogens is 1. The Balaban J connectivity index is 2.23. The van der Waals surface area contributed by atoms with Crippen LogP contribution in [-0.4, -0.2) is 8.83 Å². The number of rotatable bonds is 1. The van der Waals surface area contributed by atoms with Crippen molar-refractivity contribution in [3.05, 3.63) is 12.2 Å². The Hall–Kier alpha value is 0.247. The SMILES string of the molecule is Cl[Si]C12C=CC(CC1)C2. The van der Waals surface area contributed by atoms with Crippen molar-refractivity contribution in [2.24, 2.45) is 5.92 Å². The molecule has 0 amide bonds. The number of hydrogen-bond acceptors (Lipinski definition) is 0. The molecule has 0 aliphatic heterocycles. The van der Waals surface area contributed by atoms with E-state index in [4.69, 9.17) is 11.1 Å². The van der Waals surface area contributed by atoms with Gasteiger partial charge in [-0.3, -0.25) is 0 Å². The van der Waals surface area contributed by atoms with Crippen LogP contribution in [0.4, 0.5) is 0 Å². The van der Waals surface area contributed by atoms with Gasteiger partial charge in [-0.05, 0) is 30.2 Å². The minimum absolute atomic E-state index is 0.465. The second-order valence-electron chi connectivity index (χ2n) is 3.11. The summed E-state index contributed by atoms with van der Waals surface area (Å²) in [5, 5.41) is 0.465. The maximum atomic E-state index is 5.87. The molecule has 2 rings (SSSR count). The third-order valence-corrected chi connectivity index (χ3v) is 4.59. The number of fused-ring (bicyclic) bond motifs is 2. The van der Waals surface area contributed by atoms with Crippen LogP contribution >= 0.6 is 11.1 Å². The van der Waals surface area contributed by atoms with Crippen molar-refractivity contribution in [1.29, 1.82) is 0 Å². The smallest absolute Gasteiger partial charge is 0.170 e. The predicted molar refractivity (Wildman–Crippen MR) is 40.8 cm³/mol. The van der Waals surface area contributed by atoms with Gasteiger partial charge in [0, 0.05) is 0 Å². The molecule has 9 heavy (non-hydrogen) atoms. The molecule has 1 fully saturated rings. The molecule has 2 atom stereocenters. The summed E-state index contributed by atoms with van der Waals surface area (Å²) < 4.78 is 0. The second kappa shape index (κ2) is 1.86. The molecule has 0 saturated heterocycles. The lowest BCUT2D eigenvalue weighted by atomic mass is 10.1. The molecule has 1 saturated carbocycles. The molecule has 0 aromatic rings. The van der Waals surface area contributed by atoms with Gasteiger partial charge in [-0.1, -0.05) is 12.2 Å². The Bertz CT molecular complexity index is 155. The Morgan fingerprint density at radius 3 is 2.78 bits per heavy atom. The second-order valence-corrected chi connectivity index (χ2v) is 4.86. The van der Waals surface area contributed by atoms with E-state index in [2.05, 4.69) is 12.2 Å². The highest BCUT2D eigenvalue weighted by Crippen LogP contribution is 2.54. The van der Waals surface area contributed by atoms with Crippen molar-refractivity contribution in [3.63, 3.8) is 0 Å². The Labute approximate surface area is 62.8 Å². The van der Waals surface area contributed by atoms with E-state index in [0.717, 1.165) is 5.92 Å². The van der Waals surface area contributed by atoms with Gasteiger partial charge in [0.25, 0.3) is 0 Å². The lowest BCUT2D eigenvalue weighted by Crippen LogP contribution is -2.06. The summed E-state index contributed by atoms with van der Waals surface area (Å²) in [6.07, 6.45) is 8.76. The van der Waals surface area contributed by atoms with Crippen LogP contribution in [0.2, 0.25) is 5.04 Å². The minimum Gasteiger partial charge on any atom is -0.170 e. The molecule has 0 heterocycles. The van der Waals surface area contributed by atoms with Crippen LogP contribution in [-0.2, 0) is 0 Å². The van der Waals surface area contributed by atoms with Crippen molar-refractivity contribution < 1.29 is 0 Å². The third-order valence-electron chi connectivity index (χ3n) is 2.46. The topological polar surface area (TPSA) is 0 Å². The lowest BCUT2D eigenvalue weighted by molar-refractivity contribution is 0.698. The average Bonchev–Trinajstić information content (AvgIpc) is 2.46. The molecule has 0 N–H and O–H groups in total. The van der Waals surface area contributed by atoms with Crippen LogP contribution in [0.5, 0.6) is 0 Å². The molecular formula is C7H9ClSi. The van der Waals surface area contributed by atoms with E-state index in [1.807, 2.05) is 0 Å². The lowest BCUT2D eigenvalue weighted by Gasteiger charge is -2.16. The van der Waals surface area contributed by atoms with E-state index in [9.17, 15) is 0 Å². The van der Waals surface area contributed by atoms with E-state index in [0.29, 0.717) is 13.9 Å². The molecule has 2 radical (unpaired) electrons. The van der Waals surface area contributed by atoms with Crippen LogP contribution < -0.4 is 0 Å². The normalized spacial score (nSPS) is 46.6. The predicted octanol–water partition coefficient (Wildman–Crippen LogP) is 2.37. The van der Waals surface area contributed by atoms with Crippen LogP contribution in [0.15, 0.2) is 12.2 Å². The van der Waals surface area contributed by atoms with E-state index in [1.54, 1.807) is 0 Å². The first-order chi connectivity index (χ1) is 4.35. The molecular weight excluding hydrogens is 148 g/mol. The summed E-state index contributed by atoms with van der Waals surface area (Å²) in [5.41, 5.74) is 0. The zero-order valence-corrected chi connectivity index (χ0v) is 6.99. The molecule has 0 spiro atoms. The first-order valence-electron chi connectivity index (χ1n) is 3.42. The summed E-state index contributed by atoms with van der Waals surface area (Å²) in [4.78, 5) is 0. The van der Waals surface area contributed by atoms with Crippen molar-refractivity contribution in [2.45, 2.75) is 24.3 Å². The largest absolute Gasteiger partial charge is 0.182 e. The maximum Gasteiger partial charge on any atom is 0.182 e. The van der Waals surface area contributed by atoms with Gasteiger partial charge < -0.3 is 0 Å². The molecule has 2 bridgehead atoms. The Morgan fingerprint density at radius 2 is 2.56 bits per heavy atom. The van der Waals surface area contributed by atoms with Crippen LogP contribution in [0.1, 0.15) is 19.3 Å². The first kappa shape index (κ1) is 5.99. The molecule has 48 valence electrons. The van der Waals surface area contributed by atoms with Gasteiger partial charge in [-0.2, -0.15) is 11.1 Å². The number of hydrogen-bond donors (Lipinski definition) is 0. The van der Waals surface area contributed by atoms with Gasteiger partial charge in [-0.15, -0.1) is 0 Å². The van der Waals surface area contributed by atoms with Crippen LogP contribution in [0.3, 0.4) is 0 Å². The van der Waals surface area contributed by atoms with Crippen molar-refractivity contribution in [1.82, 2.24) is 0 Å². The fraction of sp³-hybridized carbons (Fsp3) is 0.714. The van der Waals surface area contributed by atoms with Crippen molar-refractivity contribution in [2.75, 3.05) is 0 Å². The Kier molecular flexibility index (Phi) is 1.24. The van der Waals surface area contributed by atoms with Gasteiger partial charge in [-0.25, -0.2) is 0 Å². The summed E-state index contributed by atoms with van der Waals surface area (Å²) in [5.74, 6) is 0.885. The standard InChI is InChI=1S/C7H9ClSi/c8-9-7-3-1-6(5-7)2-4-7/h1,3,6H,2,4-5H2. The zero-order chi connectivity index (χ0) is 6.32. The highest BCUT2D eigenvalue weighted by molar-refractivity contribution is 6.95. The quantitative estimate of drug-likeness (QED) is 0.311. The molecule has 2 aliphatic rings. The maximum absolute atomic E-state index is 5.87. The van der Waals surface area contributed by atoms with Gasteiger partial charge in [0.1, 0.15) is 0 Å². The molecule has 0 nitrogen and oxygen atoms in total. The van der Waals surface area contributed by atoms with Crippen molar-refractivity contribution >= 4 is 19.9 Å². The molecule has 2 heteroatoms. The minimum atomic E-state index is 0.465. The van der Waals surface area contributed by atoms with Crippen molar-refractivity contribution in [3.8, 4) is 0 Å². The fourth-order valence-corrected chi connectivity index (χ4v) is 3.31. The van der Waals surface area contributed by atoms with Crippen LogP contribution in [0.25, 0.3) is 0 Å². The van der Waals surface area contributed by atoms with Gasteiger partial charge in [0.05, 0.1) is 0 Å². The van der Waals surface area contributed by atoms with E-state index < -0.39 is 0 Å². The van der Waals surface area contributed by atoms with E-state index in [-0.39, 0.29) is 0 Å². The van der Waals surface area contributed by atoms with Gasteiger partial charge >= 0.3 is 0 Å². The fourth-order valence-electron chi connectivity index (χ4n) is 1.87. The summed E-state index contributed by atoms with van der Waals surface area (Å²) >= 11 is 5.87. The number of allylic oxidation sites excluding steroid dienone is 2. The average molecular weight is 157 g/mol. The monoisotopic (exact) mass is 156 g/mol. The summed E-state index contributed by atoms with van der Waals surface area (Å²) in [7, 11) is 0.609. The van der Waals surface area contributed by atoms with Crippen LogP contribution in [0, 0.1) is 5.92 Å². The molecule has 2 unspecified atom stereocenters. The van der Waals surface area contributed by atoms with E-state index in [1.165, 1.54) is 19.3 Å². The highest BCUT2D eigenvalue weighted by atomic mass is 35.6. The zero-order valence-electron chi connectivity index (χ0n) is 5.23. The highest BCUT2D eigenvalue weighted by Gasteiger charge is 2.40. The molecule has 0 aromatic heterocycles. The van der Waals surface area contributed by atoms with Gasteiger partial charge in [0.15, 0.2) is 8.83 Å². The first-order valence-corrected chi connectivity index (χ1v) is 5.43. The summed E-state index contributed by atoms with van der Waals surface area (Å²) in [6, 6.07) is 0. The van der Waals surface area contributed by atoms with E-state index >= 15 is 0 Å². The molecule has 0 aromatic carbocycles.